The molecule has 5 heteroatoms. The molecule has 1 amide bonds. The second-order valence-electron chi connectivity index (χ2n) is 4.57. The van der Waals surface area contributed by atoms with Crippen molar-refractivity contribution in [1.29, 1.82) is 0 Å². The number of para-hydroxylation sites is 1. The van der Waals surface area contributed by atoms with Crippen LogP contribution in [0.2, 0.25) is 0 Å². The zero-order valence-corrected chi connectivity index (χ0v) is 14.0. The number of hydrogen-bond donors (Lipinski definition) is 2. The molecule has 0 fully saturated rings. The van der Waals surface area contributed by atoms with Crippen LogP contribution in [-0.2, 0) is 10.3 Å². The van der Waals surface area contributed by atoms with Gasteiger partial charge in [0.25, 0.3) is 0 Å². The molecule has 0 radical (unpaired) electrons. The van der Waals surface area contributed by atoms with Gasteiger partial charge in [-0.1, -0.05) is 46.3 Å². The number of anilines is 1. The minimum Gasteiger partial charge on any atom is -0.367 e. The smallest absolute Gasteiger partial charge is 0.247 e. The largest absolute Gasteiger partial charge is 0.367 e. The fourth-order valence-corrected chi connectivity index (χ4v) is 3.03. The molecule has 20 heavy (non-hydrogen) atoms. The zero-order valence-electron chi connectivity index (χ0n) is 10.9. The van der Waals surface area contributed by atoms with E-state index in [0.29, 0.717) is 0 Å². The van der Waals surface area contributed by atoms with Crippen LogP contribution in [0.5, 0.6) is 0 Å². The SMILES string of the molecule is CC(Nc1ccccc1Br)(C(N)=O)c1ccccc1Br. The summed E-state index contributed by atoms with van der Waals surface area (Å²) in [7, 11) is 0. The predicted octanol–water partition coefficient (Wildman–Crippen LogP) is 4.02. The highest BCUT2D eigenvalue weighted by Gasteiger charge is 2.35. The second kappa shape index (κ2) is 5.97. The standard InChI is InChI=1S/C15H14Br2N2O/c1-15(14(18)20,10-6-2-3-7-11(10)16)19-13-9-5-4-8-12(13)17/h2-9,19H,1H3,(H2,18,20). The second-order valence-corrected chi connectivity index (χ2v) is 6.28. The van der Waals surface area contributed by atoms with Gasteiger partial charge in [-0.15, -0.1) is 0 Å². The Balaban J connectivity index is 2.49. The summed E-state index contributed by atoms with van der Waals surface area (Å²) in [5, 5.41) is 3.23. The van der Waals surface area contributed by atoms with E-state index in [1.165, 1.54) is 0 Å². The van der Waals surface area contributed by atoms with E-state index in [-0.39, 0.29) is 0 Å². The van der Waals surface area contributed by atoms with Crippen molar-refractivity contribution >= 4 is 43.5 Å². The molecular weight excluding hydrogens is 384 g/mol. The van der Waals surface area contributed by atoms with Crippen LogP contribution in [0.1, 0.15) is 12.5 Å². The first-order chi connectivity index (χ1) is 9.45. The number of nitrogens with one attached hydrogen (secondary N) is 1. The van der Waals surface area contributed by atoms with Gasteiger partial charge in [0.2, 0.25) is 5.91 Å². The molecule has 0 bridgehead atoms. The van der Waals surface area contributed by atoms with E-state index in [1.54, 1.807) is 6.92 Å². The highest BCUT2D eigenvalue weighted by molar-refractivity contribution is 9.11. The van der Waals surface area contributed by atoms with Crippen molar-refractivity contribution in [2.24, 2.45) is 5.73 Å². The Kier molecular flexibility index (Phi) is 4.50. The van der Waals surface area contributed by atoms with Crippen molar-refractivity contribution in [3.05, 3.63) is 63.0 Å². The molecule has 3 N–H and O–H groups in total. The van der Waals surface area contributed by atoms with Crippen LogP contribution in [0.25, 0.3) is 0 Å². The minimum absolute atomic E-state index is 0.444. The molecule has 0 spiro atoms. The van der Waals surface area contributed by atoms with Gasteiger partial charge < -0.3 is 11.1 Å². The molecule has 1 unspecified atom stereocenters. The van der Waals surface area contributed by atoms with E-state index in [1.807, 2.05) is 48.5 Å². The fourth-order valence-electron chi connectivity index (χ4n) is 1.96. The maximum atomic E-state index is 12.0. The van der Waals surface area contributed by atoms with Crippen molar-refractivity contribution in [2.75, 3.05) is 5.32 Å². The lowest BCUT2D eigenvalue weighted by atomic mass is 9.91. The molecule has 1 atom stereocenters. The number of amides is 1. The molecule has 104 valence electrons. The Morgan fingerprint density at radius 3 is 2.15 bits per heavy atom. The monoisotopic (exact) mass is 396 g/mol. The van der Waals surface area contributed by atoms with Crippen LogP contribution in [0, 0.1) is 0 Å². The van der Waals surface area contributed by atoms with Gasteiger partial charge in [-0.2, -0.15) is 0 Å². The number of rotatable bonds is 4. The van der Waals surface area contributed by atoms with Crippen LogP contribution in [0.3, 0.4) is 0 Å². The van der Waals surface area contributed by atoms with Gasteiger partial charge in [-0.25, -0.2) is 0 Å². The molecule has 2 rings (SSSR count). The summed E-state index contributed by atoms with van der Waals surface area (Å²) in [6.07, 6.45) is 0. The summed E-state index contributed by atoms with van der Waals surface area (Å²) < 4.78 is 1.71. The van der Waals surface area contributed by atoms with Crippen molar-refractivity contribution in [1.82, 2.24) is 0 Å². The zero-order chi connectivity index (χ0) is 14.8. The number of carbonyl (C=O) groups excluding carboxylic acids is 1. The van der Waals surface area contributed by atoms with Crippen LogP contribution >= 0.6 is 31.9 Å². The topological polar surface area (TPSA) is 55.1 Å². The van der Waals surface area contributed by atoms with Gasteiger partial charge in [0.15, 0.2) is 0 Å². The number of hydrogen-bond acceptors (Lipinski definition) is 2. The average molecular weight is 398 g/mol. The van der Waals surface area contributed by atoms with Gasteiger partial charge in [-0.3, -0.25) is 4.79 Å². The van der Waals surface area contributed by atoms with Crippen LogP contribution in [-0.4, -0.2) is 5.91 Å². The normalized spacial score (nSPS) is 13.6. The summed E-state index contributed by atoms with van der Waals surface area (Å²) in [6.45, 7) is 1.77. The van der Waals surface area contributed by atoms with Gasteiger partial charge >= 0.3 is 0 Å². The summed E-state index contributed by atoms with van der Waals surface area (Å²) in [5.74, 6) is -0.444. The first kappa shape index (κ1) is 15.1. The predicted molar refractivity (Wildman–Crippen MR) is 88.5 cm³/mol. The number of carbonyl (C=O) groups is 1. The van der Waals surface area contributed by atoms with Crippen LogP contribution in [0.4, 0.5) is 5.69 Å². The Morgan fingerprint density at radius 2 is 1.60 bits per heavy atom. The lowest BCUT2D eigenvalue weighted by molar-refractivity contribution is -0.122. The number of nitrogens with two attached hydrogens (primary N) is 1. The van der Waals surface area contributed by atoms with E-state index in [2.05, 4.69) is 37.2 Å². The van der Waals surface area contributed by atoms with Crippen molar-refractivity contribution in [3.8, 4) is 0 Å². The summed E-state index contributed by atoms with van der Waals surface area (Å²) in [5.41, 5.74) is 6.23. The van der Waals surface area contributed by atoms with Crippen molar-refractivity contribution in [2.45, 2.75) is 12.5 Å². The summed E-state index contributed by atoms with van der Waals surface area (Å²) in [4.78, 5) is 12.0. The third-order valence-corrected chi connectivity index (χ3v) is 4.55. The summed E-state index contributed by atoms with van der Waals surface area (Å²) >= 11 is 6.94. The molecule has 0 heterocycles. The van der Waals surface area contributed by atoms with E-state index < -0.39 is 11.4 Å². The fraction of sp³-hybridized carbons (Fsp3) is 0.133. The average Bonchev–Trinajstić information content (AvgIpc) is 2.41. The van der Waals surface area contributed by atoms with Gasteiger partial charge in [0, 0.05) is 20.2 Å². The van der Waals surface area contributed by atoms with E-state index in [4.69, 9.17) is 5.73 Å². The maximum Gasteiger partial charge on any atom is 0.247 e. The van der Waals surface area contributed by atoms with Crippen molar-refractivity contribution in [3.63, 3.8) is 0 Å². The molecule has 0 saturated carbocycles. The lowest BCUT2D eigenvalue weighted by Gasteiger charge is -2.30. The number of benzene rings is 2. The highest BCUT2D eigenvalue weighted by atomic mass is 79.9. The first-order valence-electron chi connectivity index (χ1n) is 6.03. The third kappa shape index (κ3) is 2.88. The number of primary amides is 1. The quantitative estimate of drug-likeness (QED) is 0.818. The lowest BCUT2D eigenvalue weighted by Crippen LogP contribution is -2.45. The molecule has 2 aromatic rings. The molecule has 0 aliphatic rings. The molecule has 0 aliphatic carbocycles. The van der Waals surface area contributed by atoms with Crippen LogP contribution in [0.15, 0.2) is 57.5 Å². The van der Waals surface area contributed by atoms with E-state index in [9.17, 15) is 4.79 Å². The maximum absolute atomic E-state index is 12.0. The third-order valence-electron chi connectivity index (χ3n) is 3.16. The van der Waals surface area contributed by atoms with E-state index in [0.717, 1.165) is 20.2 Å². The molecule has 0 saturated heterocycles. The summed E-state index contributed by atoms with van der Waals surface area (Å²) in [6, 6.07) is 15.1. The Labute approximate surface area is 134 Å². The molecule has 0 aliphatic heterocycles. The molecular formula is C15H14Br2N2O. The van der Waals surface area contributed by atoms with Crippen molar-refractivity contribution < 1.29 is 4.79 Å². The Morgan fingerprint density at radius 1 is 1.05 bits per heavy atom. The minimum atomic E-state index is -1.01. The van der Waals surface area contributed by atoms with E-state index >= 15 is 0 Å². The molecule has 3 nitrogen and oxygen atoms in total. The Bertz CT molecular complexity index is 645. The Hall–Kier alpha value is -1.33. The first-order valence-corrected chi connectivity index (χ1v) is 7.61. The van der Waals surface area contributed by atoms with Gasteiger partial charge in [0.05, 0.1) is 0 Å². The van der Waals surface area contributed by atoms with Gasteiger partial charge in [0.1, 0.15) is 5.54 Å². The van der Waals surface area contributed by atoms with Gasteiger partial charge in [-0.05, 0) is 41.1 Å². The van der Waals surface area contributed by atoms with Crippen LogP contribution < -0.4 is 11.1 Å². The highest BCUT2D eigenvalue weighted by Crippen LogP contribution is 2.33. The number of halogens is 2. The molecule has 0 aromatic heterocycles. The molecule has 2 aromatic carbocycles.